The molecule has 0 aliphatic heterocycles. The number of carboxylic acids is 1. The van der Waals surface area contributed by atoms with Crippen molar-refractivity contribution in [1.82, 2.24) is 4.98 Å². The van der Waals surface area contributed by atoms with Gasteiger partial charge in [-0.1, -0.05) is 12.1 Å². The number of aryl methyl sites for hydroxylation is 1. The molecule has 0 spiro atoms. The molecule has 0 bridgehead atoms. The van der Waals surface area contributed by atoms with Crippen LogP contribution in [0.25, 0.3) is 10.8 Å². The lowest BCUT2D eigenvalue weighted by Gasteiger charge is -2.13. The van der Waals surface area contributed by atoms with E-state index >= 15 is 0 Å². The number of aliphatic carboxylic acids is 1. The van der Waals surface area contributed by atoms with Crippen LogP contribution in [0, 0.1) is 17.0 Å². The van der Waals surface area contributed by atoms with E-state index in [0.717, 1.165) is 0 Å². The van der Waals surface area contributed by atoms with Crippen LogP contribution in [0.3, 0.4) is 0 Å². The van der Waals surface area contributed by atoms with E-state index in [1.54, 1.807) is 19.1 Å². The molecule has 20 heavy (non-hydrogen) atoms. The van der Waals surface area contributed by atoms with E-state index in [2.05, 4.69) is 10.3 Å². The average molecular weight is 275 g/mol. The van der Waals surface area contributed by atoms with Crippen LogP contribution in [-0.4, -0.2) is 27.0 Å². The van der Waals surface area contributed by atoms with Gasteiger partial charge in [0.05, 0.1) is 10.3 Å². The van der Waals surface area contributed by atoms with E-state index in [4.69, 9.17) is 5.11 Å². The molecule has 0 amide bonds. The van der Waals surface area contributed by atoms with Gasteiger partial charge in [0.25, 0.3) is 5.69 Å². The molecule has 1 heterocycles. The number of fused-ring (bicyclic) bond motifs is 1. The summed E-state index contributed by atoms with van der Waals surface area (Å²) in [5.74, 6) is -0.699. The van der Waals surface area contributed by atoms with Gasteiger partial charge in [-0.15, -0.1) is 0 Å². The second kappa shape index (κ2) is 5.12. The minimum absolute atomic E-state index is 0.0200. The van der Waals surface area contributed by atoms with Crippen molar-refractivity contribution in [1.29, 1.82) is 0 Å². The number of hydrogen-bond donors (Lipinski definition) is 2. The highest BCUT2D eigenvalue weighted by molar-refractivity contribution is 6.00. The second-order valence-electron chi connectivity index (χ2n) is 4.45. The normalized spacial score (nSPS) is 12.1. The number of nitro groups is 1. The summed E-state index contributed by atoms with van der Waals surface area (Å²) in [6.07, 6.45) is 1.49. The first-order valence-corrected chi connectivity index (χ1v) is 5.94. The quantitative estimate of drug-likeness (QED) is 0.655. The number of anilines is 1. The van der Waals surface area contributed by atoms with Crippen LogP contribution in [0.4, 0.5) is 11.5 Å². The highest BCUT2D eigenvalue weighted by Gasteiger charge is 2.18. The number of rotatable bonds is 4. The molecular formula is C13H13N3O4. The fraction of sp³-hybridized carbons (Fsp3) is 0.231. The van der Waals surface area contributed by atoms with Gasteiger partial charge in [0.1, 0.15) is 11.9 Å². The summed E-state index contributed by atoms with van der Waals surface area (Å²) in [5.41, 5.74) is 0.647. The predicted octanol–water partition coefficient (Wildman–Crippen LogP) is 2.34. The van der Waals surface area contributed by atoms with Crippen LogP contribution >= 0.6 is 0 Å². The SMILES string of the molecule is Cc1cnc(NC(C)C(=O)O)c2cccc([N+](=O)[O-])c12. The predicted molar refractivity (Wildman–Crippen MR) is 73.9 cm³/mol. The average Bonchev–Trinajstić information content (AvgIpc) is 2.41. The number of carbonyl (C=O) groups is 1. The standard InChI is InChI=1S/C13H13N3O4/c1-7-6-14-12(15-8(2)13(17)18)9-4-3-5-10(11(7)9)16(19)20/h3-6,8H,1-2H3,(H,14,15)(H,17,18). The maximum Gasteiger partial charge on any atom is 0.325 e. The first-order chi connectivity index (χ1) is 9.41. The molecule has 1 aromatic heterocycles. The topological polar surface area (TPSA) is 105 Å². The number of nitro benzene ring substituents is 1. The molecule has 0 fully saturated rings. The Kier molecular flexibility index (Phi) is 3.51. The van der Waals surface area contributed by atoms with Gasteiger partial charge in [-0.05, 0) is 19.4 Å². The lowest BCUT2D eigenvalue weighted by atomic mass is 10.1. The first kappa shape index (κ1) is 13.7. The lowest BCUT2D eigenvalue weighted by Crippen LogP contribution is -2.26. The molecule has 0 radical (unpaired) electrons. The van der Waals surface area contributed by atoms with Gasteiger partial charge in [0.2, 0.25) is 0 Å². The zero-order chi connectivity index (χ0) is 14.9. The smallest absolute Gasteiger partial charge is 0.325 e. The minimum Gasteiger partial charge on any atom is -0.480 e. The third kappa shape index (κ3) is 2.37. The molecule has 7 heteroatoms. The summed E-state index contributed by atoms with van der Waals surface area (Å²) >= 11 is 0. The Hall–Kier alpha value is -2.70. The largest absolute Gasteiger partial charge is 0.480 e. The van der Waals surface area contributed by atoms with E-state index in [1.165, 1.54) is 19.2 Å². The monoisotopic (exact) mass is 275 g/mol. The van der Waals surface area contributed by atoms with Crippen LogP contribution in [0.1, 0.15) is 12.5 Å². The molecule has 0 aliphatic rings. The number of carboxylic acid groups (broad SMARTS) is 1. The van der Waals surface area contributed by atoms with Gasteiger partial charge in [-0.3, -0.25) is 14.9 Å². The zero-order valence-electron chi connectivity index (χ0n) is 11.0. The molecule has 0 saturated heterocycles. The van der Waals surface area contributed by atoms with Crippen molar-refractivity contribution in [2.24, 2.45) is 0 Å². The van der Waals surface area contributed by atoms with E-state index < -0.39 is 16.9 Å². The van der Waals surface area contributed by atoms with Gasteiger partial charge >= 0.3 is 5.97 Å². The Labute approximate surface area is 114 Å². The minimum atomic E-state index is -1.02. The maximum absolute atomic E-state index is 11.1. The van der Waals surface area contributed by atoms with Crippen LogP contribution < -0.4 is 5.32 Å². The number of non-ortho nitro benzene ring substituents is 1. The highest BCUT2D eigenvalue weighted by atomic mass is 16.6. The number of pyridine rings is 1. The summed E-state index contributed by atoms with van der Waals surface area (Å²) < 4.78 is 0. The van der Waals surface area contributed by atoms with Crippen molar-refractivity contribution < 1.29 is 14.8 Å². The number of benzene rings is 1. The number of nitrogens with one attached hydrogen (secondary N) is 1. The third-order valence-corrected chi connectivity index (χ3v) is 3.00. The zero-order valence-corrected chi connectivity index (χ0v) is 11.0. The van der Waals surface area contributed by atoms with Crippen molar-refractivity contribution >= 4 is 28.2 Å². The van der Waals surface area contributed by atoms with Crippen molar-refractivity contribution in [3.05, 3.63) is 40.1 Å². The van der Waals surface area contributed by atoms with Gasteiger partial charge in [-0.2, -0.15) is 0 Å². The molecule has 7 nitrogen and oxygen atoms in total. The van der Waals surface area contributed by atoms with Crippen molar-refractivity contribution in [3.63, 3.8) is 0 Å². The van der Waals surface area contributed by atoms with Gasteiger partial charge in [-0.25, -0.2) is 4.98 Å². The summed E-state index contributed by atoms with van der Waals surface area (Å²) in [6.45, 7) is 3.21. The van der Waals surface area contributed by atoms with E-state index in [9.17, 15) is 14.9 Å². The summed E-state index contributed by atoms with van der Waals surface area (Å²) in [7, 11) is 0. The number of aromatic nitrogens is 1. The number of hydrogen-bond acceptors (Lipinski definition) is 5. The summed E-state index contributed by atoms with van der Waals surface area (Å²) in [4.78, 5) is 25.6. The number of nitrogens with zero attached hydrogens (tertiary/aromatic N) is 2. The van der Waals surface area contributed by atoms with Crippen molar-refractivity contribution in [2.45, 2.75) is 19.9 Å². The lowest BCUT2D eigenvalue weighted by molar-refractivity contribution is -0.383. The molecular weight excluding hydrogens is 262 g/mol. The molecule has 2 N–H and O–H groups in total. The molecule has 1 unspecified atom stereocenters. The van der Waals surface area contributed by atoms with E-state index in [1.807, 2.05) is 0 Å². The molecule has 0 saturated carbocycles. The van der Waals surface area contributed by atoms with Gasteiger partial charge in [0.15, 0.2) is 0 Å². The van der Waals surface area contributed by atoms with Crippen LogP contribution in [0.15, 0.2) is 24.4 Å². The Morgan fingerprint density at radius 3 is 2.80 bits per heavy atom. The third-order valence-electron chi connectivity index (χ3n) is 3.00. The van der Waals surface area contributed by atoms with E-state index in [0.29, 0.717) is 22.2 Å². The molecule has 1 atom stereocenters. The molecule has 104 valence electrons. The Morgan fingerprint density at radius 1 is 1.50 bits per heavy atom. The second-order valence-corrected chi connectivity index (χ2v) is 4.45. The first-order valence-electron chi connectivity index (χ1n) is 5.94. The van der Waals surface area contributed by atoms with Gasteiger partial charge in [0, 0.05) is 17.6 Å². The molecule has 2 rings (SSSR count). The van der Waals surface area contributed by atoms with Gasteiger partial charge < -0.3 is 10.4 Å². The fourth-order valence-electron chi connectivity index (χ4n) is 1.98. The maximum atomic E-state index is 11.1. The van der Waals surface area contributed by atoms with Crippen LogP contribution in [0.2, 0.25) is 0 Å². The van der Waals surface area contributed by atoms with E-state index in [-0.39, 0.29) is 5.69 Å². The Bertz CT molecular complexity index is 699. The van der Waals surface area contributed by atoms with Crippen molar-refractivity contribution in [2.75, 3.05) is 5.32 Å². The summed E-state index contributed by atoms with van der Waals surface area (Å²) in [6, 6.07) is 3.81. The molecule has 0 aliphatic carbocycles. The van der Waals surface area contributed by atoms with Crippen molar-refractivity contribution in [3.8, 4) is 0 Å². The van der Waals surface area contributed by atoms with Crippen LogP contribution in [0.5, 0.6) is 0 Å². The highest BCUT2D eigenvalue weighted by Crippen LogP contribution is 2.32. The van der Waals surface area contributed by atoms with Crippen LogP contribution in [-0.2, 0) is 4.79 Å². The molecule has 2 aromatic rings. The Balaban J connectivity index is 2.64. The molecule has 1 aromatic carbocycles. The fourth-order valence-corrected chi connectivity index (χ4v) is 1.98. The summed E-state index contributed by atoms with van der Waals surface area (Å²) in [5, 5.41) is 23.7. The Morgan fingerprint density at radius 2 is 2.20 bits per heavy atom.